The molecule has 0 aromatic heterocycles. The minimum atomic E-state index is -3.47. The van der Waals surface area contributed by atoms with Crippen LogP contribution < -0.4 is 10.7 Å². The van der Waals surface area contributed by atoms with E-state index in [1.807, 2.05) is 0 Å². The first-order valence-corrected chi connectivity index (χ1v) is 11.4. The van der Waals surface area contributed by atoms with Crippen LogP contribution in [-0.2, 0) is 10.0 Å². The van der Waals surface area contributed by atoms with Crippen LogP contribution in [0.3, 0.4) is 0 Å². The van der Waals surface area contributed by atoms with Gasteiger partial charge in [-0.2, -0.15) is 25.6 Å². The Kier molecular flexibility index (Phi) is 8.27. The van der Waals surface area contributed by atoms with Gasteiger partial charge in [0.15, 0.2) is 11.1 Å². The predicted molar refractivity (Wildman–Crippen MR) is 109 cm³/mol. The van der Waals surface area contributed by atoms with E-state index in [4.69, 9.17) is 5.84 Å². The number of hydrogen-bond donors (Lipinski definition) is 2. The molecule has 156 valence electrons. The summed E-state index contributed by atoms with van der Waals surface area (Å²) in [7, 11) is -3.47. The first-order chi connectivity index (χ1) is 13.9. The zero-order valence-electron chi connectivity index (χ0n) is 16.5. The molecule has 0 saturated heterocycles. The van der Waals surface area contributed by atoms with Crippen molar-refractivity contribution < 1.29 is 8.42 Å². The highest BCUT2D eigenvalue weighted by atomic mass is 32.2. The van der Waals surface area contributed by atoms with E-state index in [1.54, 1.807) is 23.0 Å². The Balaban J connectivity index is 0.000000234. The summed E-state index contributed by atoms with van der Waals surface area (Å²) in [5.74, 6) is 4.80. The van der Waals surface area contributed by atoms with E-state index in [0.29, 0.717) is 0 Å². The second kappa shape index (κ2) is 10.4. The lowest BCUT2D eigenvalue weighted by Gasteiger charge is -2.29. The molecule has 0 atom stereocenters. The Morgan fingerprint density at radius 1 is 0.828 bits per heavy atom. The molecule has 0 spiro atoms. The van der Waals surface area contributed by atoms with Crippen LogP contribution >= 0.6 is 0 Å². The van der Waals surface area contributed by atoms with Crippen molar-refractivity contribution >= 4 is 10.0 Å². The van der Waals surface area contributed by atoms with E-state index >= 15 is 0 Å². The number of nitrogens with two attached hydrogens (primary N) is 1. The molecule has 1 aromatic carbocycles. The molecule has 2 saturated carbocycles. The molecule has 2 aliphatic rings. The van der Waals surface area contributed by atoms with Gasteiger partial charge in [-0.25, -0.2) is 8.42 Å². The second-order valence-corrected chi connectivity index (χ2v) is 9.26. The third-order valence-corrected chi connectivity index (χ3v) is 6.62. The molecule has 3 N–H and O–H groups in total. The average molecular weight is 417 g/mol. The van der Waals surface area contributed by atoms with Crippen LogP contribution in [0.2, 0.25) is 0 Å². The molecule has 0 aliphatic heterocycles. The molecule has 2 aliphatic carbocycles. The summed E-state index contributed by atoms with van der Waals surface area (Å²) >= 11 is 0. The van der Waals surface area contributed by atoms with Crippen LogP contribution in [0.5, 0.6) is 0 Å². The molecule has 0 unspecified atom stereocenters. The standard InChI is InChI=1S/C14H20N4.C6H8N2O2S/c15-11-13(7-3-1-4-8-13)17-18-14(12-16)9-5-2-6-10-14;7-8-11(9,10)6-4-2-1-3-5-6/h1-10H2;1-5,8H,7H2. The van der Waals surface area contributed by atoms with Crippen molar-refractivity contribution in [1.82, 2.24) is 4.83 Å². The number of hydrogen-bond acceptors (Lipinski definition) is 7. The number of rotatable bonds is 4. The van der Waals surface area contributed by atoms with E-state index in [-0.39, 0.29) is 4.90 Å². The van der Waals surface area contributed by atoms with Gasteiger partial charge >= 0.3 is 0 Å². The third-order valence-electron chi connectivity index (χ3n) is 5.42. The number of sulfonamides is 1. The SMILES string of the molecule is N#CC1(N=NC2(C#N)CCCCC2)CCCCC1.NNS(=O)(=O)c1ccccc1. The van der Waals surface area contributed by atoms with Crippen molar-refractivity contribution in [1.29, 1.82) is 10.5 Å². The van der Waals surface area contributed by atoms with Gasteiger partial charge in [-0.3, -0.25) is 5.84 Å². The van der Waals surface area contributed by atoms with Crippen LogP contribution in [0.1, 0.15) is 64.2 Å². The van der Waals surface area contributed by atoms with Crippen LogP contribution in [0.25, 0.3) is 0 Å². The molecule has 0 heterocycles. The van der Waals surface area contributed by atoms with Crippen molar-refractivity contribution in [3.05, 3.63) is 30.3 Å². The van der Waals surface area contributed by atoms with Crippen LogP contribution in [0.15, 0.2) is 45.5 Å². The average Bonchev–Trinajstić information content (AvgIpc) is 2.80. The lowest BCUT2D eigenvalue weighted by molar-refractivity contribution is 0.310. The monoisotopic (exact) mass is 416 g/mol. The molecular weight excluding hydrogens is 388 g/mol. The highest BCUT2D eigenvalue weighted by molar-refractivity contribution is 7.89. The van der Waals surface area contributed by atoms with Gasteiger partial charge in [0.05, 0.1) is 17.0 Å². The lowest BCUT2D eigenvalue weighted by atomic mass is 9.82. The summed E-state index contributed by atoms with van der Waals surface area (Å²) in [6.07, 6.45) is 9.76. The lowest BCUT2D eigenvalue weighted by Crippen LogP contribution is -2.31. The summed E-state index contributed by atoms with van der Waals surface area (Å²) in [4.78, 5) is 1.90. The summed E-state index contributed by atoms with van der Waals surface area (Å²) in [5, 5.41) is 27.4. The molecule has 3 rings (SSSR count). The normalized spacial score (nSPS) is 20.7. The highest BCUT2D eigenvalue weighted by Gasteiger charge is 2.36. The maximum atomic E-state index is 11.0. The molecule has 9 heteroatoms. The van der Waals surface area contributed by atoms with Gasteiger partial charge in [0.25, 0.3) is 10.0 Å². The Morgan fingerprint density at radius 2 is 1.24 bits per heavy atom. The van der Waals surface area contributed by atoms with Crippen molar-refractivity contribution in [2.24, 2.45) is 16.1 Å². The van der Waals surface area contributed by atoms with Crippen molar-refractivity contribution in [3.63, 3.8) is 0 Å². The molecule has 8 nitrogen and oxygen atoms in total. The van der Waals surface area contributed by atoms with Gasteiger partial charge in [0.2, 0.25) is 0 Å². The smallest absolute Gasteiger partial charge is 0.253 e. The van der Waals surface area contributed by atoms with E-state index in [1.165, 1.54) is 25.0 Å². The Morgan fingerprint density at radius 3 is 1.59 bits per heavy atom. The summed E-state index contributed by atoms with van der Waals surface area (Å²) < 4.78 is 21.9. The van der Waals surface area contributed by atoms with Crippen LogP contribution in [0, 0.1) is 22.7 Å². The number of nitrogens with zero attached hydrogens (tertiary/aromatic N) is 4. The summed E-state index contributed by atoms with van der Waals surface area (Å²) in [6, 6.07) is 12.6. The minimum absolute atomic E-state index is 0.169. The van der Waals surface area contributed by atoms with E-state index in [2.05, 4.69) is 22.4 Å². The molecule has 1 aromatic rings. The number of hydrazine groups is 1. The fourth-order valence-electron chi connectivity index (χ4n) is 3.60. The largest absolute Gasteiger partial charge is 0.257 e. The number of azo groups is 1. The minimum Gasteiger partial charge on any atom is -0.257 e. The van der Waals surface area contributed by atoms with Crippen molar-refractivity contribution in [2.45, 2.75) is 80.2 Å². The molecule has 29 heavy (non-hydrogen) atoms. The first kappa shape index (κ1) is 23.0. The first-order valence-electron chi connectivity index (χ1n) is 9.95. The van der Waals surface area contributed by atoms with E-state index < -0.39 is 21.1 Å². The van der Waals surface area contributed by atoms with Crippen molar-refractivity contribution in [2.75, 3.05) is 0 Å². The van der Waals surface area contributed by atoms with E-state index in [0.717, 1.165) is 51.4 Å². The number of benzene rings is 1. The second-order valence-electron chi connectivity index (χ2n) is 7.54. The Hall–Kier alpha value is -2.33. The van der Waals surface area contributed by atoms with Gasteiger partial charge in [0, 0.05) is 0 Å². The fourth-order valence-corrected chi connectivity index (χ4v) is 4.25. The predicted octanol–water partition coefficient (Wildman–Crippen LogP) is 3.73. The van der Waals surface area contributed by atoms with Gasteiger partial charge in [0.1, 0.15) is 0 Å². The third kappa shape index (κ3) is 6.33. The van der Waals surface area contributed by atoms with Crippen LogP contribution in [0.4, 0.5) is 0 Å². The molecule has 0 amide bonds. The summed E-state index contributed by atoms with van der Waals surface area (Å²) in [5.41, 5.74) is -1.28. The molecular formula is C20H28N6O2S. The molecule has 0 radical (unpaired) electrons. The highest BCUT2D eigenvalue weighted by Crippen LogP contribution is 2.36. The van der Waals surface area contributed by atoms with Crippen molar-refractivity contribution in [3.8, 4) is 12.1 Å². The zero-order chi connectivity index (χ0) is 21.2. The number of nitriles is 2. The topological polar surface area (TPSA) is 144 Å². The van der Waals surface area contributed by atoms with E-state index in [9.17, 15) is 18.9 Å². The fraction of sp³-hybridized carbons (Fsp3) is 0.600. The van der Waals surface area contributed by atoms with Gasteiger partial charge in [-0.15, -0.1) is 0 Å². The zero-order valence-corrected chi connectivity index (χ0v) is 17.4. The maximum Gasteiger partial charge on any atom is 0.253 e. The maximum absolute atomic E-state index is 11.0. The number of nitrogens with one attached hydrogen (secondary N) is 1. The van der Waals surface area contributed by atoms with Gasteiger partial charge < -0.3 is 0 Å². The Bertz CT molecular complexity index is 820. The molecule has 0 bridgehead atoms. The quantitative estimate of drug-likeness (QED) is 0.436. The van der Waals surface area contributed by atoms with Gasteiger partial charge in [-0.05, 0) is 63.5 Å². The molecule has 2 fully saturated rings. The van der Waals surface area contributed by atoms with Crippen LogP contribution in [-0.4, -0.2) is 19.5 Å². The summed E-state index contributed by atoms with van der Waals surface area (Å²) in [6.45, 7) is 0. The van der Waals surface area contributed by atoms with Gasteiger partial charge in [-0.1, -0.05) is 31.0 Å². The Labute approximate surface area is 172 Å².